The lowest BCUT2D eigenvalue weighted by Gasteiger charge is -2.28. The van der Waals surface area contributed by atoms with Crippen molar-refractivity contribution in [2.75, 3.05) is 0 Å². The summed E-state index contributed by atoms with van der Waals surface area (Å²) in [6.07, 6.45) is 10.9. The van der Waals surface area contributed by atoms with Gasteiger partial charge in [-0.25, -0.2) is 0 Å². The van der Waals surface area contributed by atoms with Gasteiger partial charge < -0.3 is 0 Å². The third kappa shape index (κ3) is 1.06. The van der Waals surface area contributed by atoms with Gasteiger partial charge in [-0.2, -0.15) is 0 Å². The lowest BCUT2D eigenvalue weighted by Crippen LogP contribution is -2.18. The van der Waals surface area contributed by atoms with E-state index in [9.17, 15) is 0 Å². The molecule has 3 aliphatic rings. The summed E-state index contributed by atoms with van der Waals surface area (Å²) in [4.78, 5) is 0. The molecule has 14 heavy (non-hydrogen) atoms. The van der Waals surface area contributed by atoms with E-state index in [1.165, 1.54) is 31.3 Å². The van der Waals surface area contributed by atoms with Crippen molar-refractivity contribution in [3.63, 3.8) is 0 Å². The van der Waals surface area contributed by atoms with Gasteiger partial charge in [0.25, 0.3) is 0 Å². The van der Waals surface area contributed by atoms with Crippen LogP contribution in [0.4, 0.5) is 0 Å². The quantitative estimate of drug-likeness (QED) is 0.540. The Morgan fingerprint density at radius 2 is 2.00 bits per heavy atom. The molecule has 0 aliphatic heterocycles. The molecule has 0 nitrogen and oxygen atoms in total. The third-order valence-electron chi connectivity index (χ3n) is 4.71. The fraction of sp³-hybridized carbons (Fsp3) is 0.714. The third-order valence-corrected chi connectivity index (χ3v) is 4.71. The molecular weight excluding hydrogens is 168 g/mol. The standard InChI is InChI=1S/C14H20/c1-9-7-13-10(2)11-5-3-4-6-12(11)14(13)8-9/h7-8,10-13H,3-6H2,1-2H3. The number of hydrogen-bond acceptors (Lipinski definition) is 0. The monoisotopic (exact) mass is 188 g/mol. The summed E-state index contributed by atoms with van der Waals surface area (Å²) >= 11 is 0. The Balaban J connectivity index is 1.95. The minimum atomic E-state index is 0.822. The van der Waals surface area contributed by atoms with Crippen LogP contribution in [0.3, 0.4) is 0 Å². The van der Waals surface area contributed by atoms with Crippen LogP contribution in [0.5, 0.6) is 0 Å². The van der Waals surface area contributed by atoms with E-state index < -0.39 is 0 Å². The maximum atomic E-state index is 2.51. The van der Waals surface area contributed by atoms with Crippen LogP contribution < -0.4 is 0 Å². The van der Waals surface area contributed by atoms with Gasteiger partial charge in [0, 0.05) is 5.92 Å². The van der Waals surface area contributed by atoms with Crippen molar-refractivity contribution < 1.29 is 0 Å². The van der Waals surface area contributed by atoms with Crippen molar-refractivity contribution in [2.45, 2.75) is 39.5 Å². The number of rotatable bonds is 0. The van der Waals surface area contributed by atoms with Gasteiger partial charge in [0.1, 0.15) is 0 Å². The van der Waals surface area contributed by atoms with Crippen LogP contribution in [0, 0.1) is 23.7 Å². The van der Waals surface area contributed by atoms with Crippen LogP contribution >= 0.6 is 0 Å². The summed E-state index contributed by atoms with van der Waals surface area (Å²) < 4.78 is 0. The van der Waals surface area contributed by atoms with E-state index in [0.717, 1.165) is 23.7 Å². The maximum Gasteiger partial charge on any atom is 0.00171 e. The van der Waals surface area contributed by atoms with E-state index in [0.29, 0.717) is 0 Å². The smallest absolute Gasteiger partial charge is 0.00171 e. The van der Waals surface area contributed by atoms with Crippen molar-refractivity contribution in [3.05, 3.63) is 23.3 Å². The van der Waals surface area contributed by atoms with Gasteiger partial charge in [-0.05, 0) is 37.5 Å². The first kappa shape index (κ1) is 8.76. The number of fused-ring (bicyclic) bond motifs is 3. The average Bonchev–Trinajstić information content (AvgIpc) is 2.68. The number of allylic oxidation sites excluding steroid dienone is 4. The molecule has 3 aliphatic carbocycles. The predicted octanol–water partition coefficient (Wildman–Crippen LogP) is 3.95. The van der Waals surface area contributed by atoms with Crippen LogP contribution in [0.1, 0.15) is 39.5 Å². The van der Waals surface area contributed by atoms with Gasteiger partial charge in [0.15, 0.2) is 0 Å². The molecule has 4 unspecified atom stereocenters. The summed E-state index contributed by atoms with van der Waals surface area (Å²) in [5.74, 6) is 3.72. The largest absolute Gasteiger partial charge is 0.0741 e. The van der Waals surface area contributed by atoms with E-state index in [2.05, 4.69) is 26.0 Å². The first-order valence-corrected chi connectivity index (χ1v) is 6.17. The molecule has 0 N–H and O–H groups in total. The zero-order chi connectivity index (χ0) is 9.71. The van der Waals surface area contributed by atoms with Crippen molar-refractivity contribution >= 4 is 0 Å². The highest BCUT2D eigenvalue weighted by atomic mass is 14.5. The Bertz CT molecular complexity index is 308. The summed E-state index contributed by atoms with van der Waals surface area (Å²) in [6, 6.07) is 0. The van der Waals surface area contributed by atoms with Crippen LogP contribution in [-0.2, 0) is 0 Å². The molecule has 0 radical (unpaired) electrons. The zero-order valence-corrected chi connectivity index (χ0v) is 9.29. The Morgan fingerprint density at radius 3 is 2.86 bits per heavy atom. The minimum Gasteiger partial charge on any atom is -0.0741 e. The summed E-state index contributed by atoms with van der Waals surface area (Å²) in [6.45, 7) is 4.74. The van der Waals surface area contributed by atoms with Gasteiger partial charge in [-0.3, -0.25) is 0 Å². The highest BCUT2D eigenvalue weighted by Crippen LogP contribution is 2.54. The van der Waals surface area contributed by atoms with Crippen molar-refractivity contribution in [1.82, 2.24) is 0 Å². The summed E-state index contributed by atoms with van der Waals surface area (Å²) in [5, 5.41) is 0. The Morgan fingerprint density at radius 1 is 1.21 bits per heavy atom. The predicted molar refractivity (Wildman–Crippen MR) is 59.9 cm³/mol. The molecule has 0 heteroatoms. The highest BCUT2D eigenvalue weighted by molar-refractivity contribution is 5.40. The summed E-state index contributed by atoms with van der Waals surface area (Å²) in [5.41, 5.74) is 3.31. The van der Waals surface area contributed by atoms with E-state index >= 15 is 0 Å². The molecule has 0 aromatic carbocycles. The molecule has 4 atom stereocenters. The molecule has 0 bridgehead atoms. The minimum absolute atomic E-state index is 0.822. The molecule has 0 aromatic heterocycles. The maximum absolute atomic E-state index is 2.51. The molecule has 0 spiro atoms. The van der Waals surface area contributed by atoms with E-state index in [4.69, 9.17) is 0 Å². The molecule has 76 valence electrons. The summed E-state index contributed by atoms with van der Waals surface area (Å²) in [7, 11) is 0. The molecule has 0 amide bonds. The molecule has 0 saturated heterocycles. The van der Waals surface area contributed by atoms with Gasteiger partial charge >= 0.3 is 0 Å². The Kier molecular flexibility index (Phi) is 1.87. The van der Waals surface area contributed by atoms with E-state index in [1.54, 1.807) is 5.57 Å². The molecular formula is C14H20. The fourth-order valence-electron chi connectivity index (χ4n) is 4.07. The second-order valence-corrected chi connectivity index (χ2v) is 5.49. The zero-order valence-electron chi connectivity index (χ0n) is 9.29. The van der Waals surface area contributed by atoms with Gasteiger partial charge in [0.2, 0.25) is 0 Å². The topological polar surface area (TPSA) is 0 Å². The number of hydrogen-bond donors (Lipinski definition) is 0. The lowest BCUT2D eigenvalue weighted by atomic mass is 9.77. The first-order chi connectivity index (χ1) is 6.77. The second kappa shape index (κ2) is 2.98. The van der Waals surface area contributed by atoms with Crippen molar-refractivity contribution in [1.29, 1.82) is 0 Å². The van der Waals surface area contributed by atoms with Gasteiger partial charge in [-0.1, -0.05) is 43.1 Å². The van der Waals surface area contributed by atoms with Crippen molar-refractivity contribution in [2.24, 2.45) is 23.7 Å². The lowest BCUT2D eigenvalue weighted by molar-refractivity contribution is 0.242. The first-order valence-electron chi connectivity index (χ1n) is 6.17. The normalized spacial score (nSPS) is 45.6. The molecule has 2 fully saturated rings. The molecule has 0 heterocycles. The van der Waals surface area contributed by atoms with Crippen LogP contribution in [0.25, 0.3) is 0 Å². The van der Waals surface area contributed by atoms with Crippen LogP contribution in [-0.4, -0.2) is 0 Å². The van der Waals surface area contributed by atoms with E-state index in [-0.39, 0.29) is 0 Å². The van der Waals surface area contributed by atoms with Crippen LogP contribution in [0.2, 0.25) is 0 Å². The van der Waals surface area contributed by atoms with Crippen LogP contribution in [0.15, 0.2) is 23.3 Å². The highest BCUT2D eigenvalue weighted by Gasteiger charge is 2.45. The molecule has 2 saturated carbocycles. The fourth-order valence-corrected chi connectivity index (χ4v) is 4.07. The Hall–Kier alpha value is -0.520. The van der Waals surface area contributed by atoms with Gasteiger partial charge in [-0.15, -0.1) is 0 Å². The SMILES string of the molecule is CC1=CC2C(=C1)C1CCCCC1C2C. The Labute approximate surface area is 87.1 Å². The molecule has 0 aromatic rings. The van der Waals surface area contributed by atoms with Gasteiger partial charge in [0.05, 0.1) is 0 Å². The second-order valence-electron chi connectivity index (χ2n) is 5.49. The average molecular weight is 188 g/mol. The van der Waals surface area contributed by atoms with Crippen molar-refractivity contribution in [3.8, 4) is 0 Å². The van der Waals surface area contributed by atoms with E-state index in [1.807, 2.05) is 0 Å². The molecule has 3 rings (SSSR count).